The number of nitrogens with zero attached hydrogens (tertiary/aromatic N) is 2. The molecule has 8 heteroatoms. The fraction of sp³-hybridized carbons (Fsp3) is 0.478. The van der Waals surface area contributed by atoms with Crippen LogP contribution in [0.25, 0.3) is 0 Å². The summed E-state index contributed by atoms with van der Waals surface area (Å²) in [7, 11) is 1.61. The van der Waals surface area contributed by atoms with Crippen LogP contribution in [0.15, 0.2) is 35.7 Å². The molecule has 0 saturated carbocycles. The van der Waals surface area contributed by atoms with E-state index in [2.05, 4.69) is 16.8 Å². The normalized spacial score (nSPS) is 15.4. The molecule has 1 aliphatic heterocycles. The Kier molecular flexibility index (Phi) is 7.79. The molecule has 1 aromatic heterocycles. The number of urea groups is 1. The second kappa shape index (κ2) is 10.5. The molecule has 3 rings (SSSR count). The van der Waals surface area contributed by atoms with Crippen LogP contribution in [0.3, 0.4) is 0 Å². The minimum atomic E-state index is -0.221. The highest BCUT2D eigenvalue weighted by Crippen LogP contribution is 2.35. The van der Waals surface area contributed by atoms with Crippen molar-refractivity contribution in [3.8, 4) is 11.5 Å². The van der Waals surface area contributed by atoms with Gasteiger partial charge < -0.3 is 24.6 Å². The van der Waals surface area contributed by atoms with E-state index in [0.29, 0.717) is 31.2 Å². The van der Waals surface area contributed by atoms with Crippen molar-refractivity contribution < 1.29 is 19.1 Å². The SMILES string of the molecule is CCNC(=O)N(CC(=O)N1CCc2sccc2C1COc1ccccc1OC)C(C)C. The highest BCUT2D eigenvalue weighted by atomic mass is 32.1. The molecule has 0 radical (unpaired) electrons. The number of hydrogen-bond acceptors (Lipinski definition) is 5. The van der Waals surface area contributed by atoms with E-state index in [9.17, 15) is 9.59 Å². The molecule has 1 aliphatic rings. The number of thiophene rings is 1. The second-order valence-electron chi connectivity index (χ2n) is 7.67. The van der Waals surface area contributed by atoms with Gasteiger partial charge in [0.2, 0.25) is 5.91 Å². The van der Waals surface area contributed by atoms with E-state index < -0.39 is 0 Å². The third-order valence-corrected chi connectivity index (χ3v) is 6.40. The lowest BCUT2D eigenvalue weighted by molar-refractivity contribution is -0.135. The minimum absolute atomic E-state index is 0.0358. The summed E-state index contributed by atoms with van der Waals surface area (Å²) in [6.07, 6.45) is 0.812. The number of para-hydroxylation sites is 2. The maximum Gasteiger partial charge on any atom is 0.318 e. The van der Waals surface area contributed by atoms with Crippen LogP contribution in [0.2, 0.25) is 0 Å². The minimum Gasteiger partial charge on any atom is -0.493 e. The number of carbonyl (C=O) groups is 2. The average molecular weight is 446 g/mol. The highest BCUT2D eigenvalue weighted by molar-refractivity contribution is 7.10. The summed E-state index contributed by atoms with van der Waals surface area (Å²) in [4.78, 5) is 30.5. The first-order valence-corrected chi connectivity index (χ1v) is 11.5. The van der Waals surface area contributed by atoms with E-state index in [1.54, 1.807) is 23.3 Å². The number of hydrogen-bond donors (Lipinski definition) is 1. The summed E-state index contributed by atoms with van der Waals surface area (Å²) in [5.41, 5.74) is 1.12. The van der Waals surface area contributed by atoms with Crippen molar-refractivity contribution in [1.29, 1.82) is 0 Å². The molecule has 2 aromatic rings. The monoisotopic (exact) mass is 445 g/mol. The Morgan fingerprint density at radius 1 is 1.26 bits per heavy atom. The molecule has 0 bridgehead atoms. The van der Waals surface area contributed by atoms with E-state index in [4.69, 9.17) is 9.47 Å². The van der Waals surface area contributed by atoms with E-state index >= 15 is 0 Å². The topological polar surface area (TPSA) is 71.1 Å². The molecule has 7 nitrogen and oxygen atoms in total. The van der Waals surface area contributed by atoms with Crippen LogP contribution in [0.5, 0.6) is 11.5 Å². The predicted molar refractivity (Wildman–Crippen MR) is 122 cm³/mol. The van der Waals surface area contributed by atoms with Crippen molar-refractivity contribution in [2.75, 3.05) is 33.4 Å². The van der Waals surface area contributed by atoms with Gasteiger partial charge >= 0.3 is 6.03 Å². The van der Waals surface area contributed by atoms with E-state index in [0.717, 1.165) is 12.0 Å². The Bertz CT molecular complexity index is 898. The van der Waals surface area contributed by atoms with Crippen LogP contribution in [-0.4, -0.2) is 61.1 Å². The molecular formula is C23H31N3O4S. The molecule has 31 heavy (non-hydrogen) atoms. The fourth-order valence-electron chi connectivity index (χ4n) is 3.76. The zero-order valence-electron chi connectivity index (χ0n) is 18.6. The van der Waals surface area contributed by atoms with E-state index in [1.165, 1.54) is 4.88 Å². The number of benzene rings is 1. The first-order chi connectivity index (χ1) is 15.0. The Morgan fingerprint density at radius 3 is 2.68 bits per heavy atom. The summed E-state index contributed by atoms with van der Waals surface area (Å²) in [6.45, 7) is 7.18. The van der Waals surface area contributed by atoms with Crippen LogP contribution in [0, 0.1) is 0 Å². The number of methoxy groups -OCH3 is 1. The molecule has 1 unspecified atom stereocenters. The van der Waals surface area contributed by atoms with Crippen LogP contribution in [0.1, 0.15) is 37.3 Å². The van der Waals surface area contributed by atoms with Gasteiger partial charge in [-0.25, -0.2) is 4.79 Å². The third kappa shape index (κ3) is 5.31. The summed E-state index contributed by atoms with van der Waals surface area (Å²) in [5, 5.41) is 4.86. The summed E-state index contributed by atoms with van der Waals surface area (Å²) >= 11 is 1.71. The number of rotatable bonds is 8. The van der Waals surface area contributed by atoms with Crippen molar-refractivity contribution >= 4 is 23.3 Å². The number of fused-ring (bicyclic) bond motifs is 1. The smallest absolute Gasteiger partial charge is 0.318 e. The number of carbonyl (C=O) groups excluding carboxylic acids is 2. The van der Waals surface area contributed by atoms with Gasteiger partial charge in [0.05, 0.1) is 13.2 Å². The molecule has 3 amide bonds. The number of amides is 3. The summed E-state index contributed by atoms with van der Waals surface area (Å²) in [6, 6.07) is 9.04. The zero-order chi connectivity index (χ0) is 22.4. The van der Waals surface area contributed by atoms with Gasteiger partial charge in [0.15, 0.2) is 11.5 Å². The Labute approximate surface area is 187 Å². The largest absolute Gasteiger partial charge is 0.493 e. The van der Waals surface area contributed by atoms with E-state index in [-0.39, 0.29) is 30.6 Å². The van der Waals surface area contributed by atoms with Gasteiger partial charge in [-0.2, -0.15) is 0 Å². The van der Waals surface area contributed by atoms with Crippen LogP contribution >= 0.6 is 11.3 Å². The predicted octanol–water partition coefficient (Wildman–Crippen LogP) is 3.70. The second-order valence-corrected chi connectivity index (χ2v) is 8.67. The standard InChI is InChI=1S/C23H31N3O4S/c1-5-24-23(28)26(16(2)3)14-22(27)25-12-10-21-17(11-13-31-21)18(25)15-30-20-9-7-6-8-19(20)29-4/h6-9,11,13,16,18H,5,10,12,14-15H2,1-4H3,(H,24,28). The molecule has 2 heterocycles. The lowest BCUT2D eigenvalue weighted by Crippen LogP contribution is -2.51. The Morgan fingerprint density at radius 2 is 2.00 bits per heavy atom. The van der Waals surface area contributed by atoms with Crippen molar-refractivity contribution in [2.24, 2.45) is 0 Å². The van der Waals surface area contributed by atoms with E-state index in [1.807, 2.05) is 49.9 Å². The van der Waals surface area contributed by atoms with Crippen LogP contribution in [-0.2, 0) is 11.2 Å². The first kappa shape index (κ1) is 22.9. The summed E-state index contributed by atoms with van der Waals surface area (Å²) in [5.74, 6) is 1.22. The fourth-order valence-corrected chi connectivity index (χ4v) is 4.69. The van der Waals surface area contributed by atoms with Crippen molar-refractivity contribution in [2.45, 2.75) is 39.3 Å². The van der Waals surface area contributed by atoms with Crippen molar-refractivity contribution in [3.05, 3.63) is 46.2 Å². The number of ether oxygens (including phenoxy) is 2. The van der Waals surface area contributed by atoms with Crippen molar-refractivity contribution in [3.63, 3.8) is 0 Å². The van der Waals surface area contributed by atoms with Gasteiger partial charge in [0.25, 0.3) is 0 Å². The molecule has 0 fully saturated rings. The van der Waals surface area contributed by atoms with Gasteiger partial charge in [-0.15, -0.1) is 11.3 Å². The van der Waals surface area contributed by atoms with Gasteiger partial charge in [0, 0.05) is 24.0 Å². The van der Waals surface area contributed by atoms with Crippen LogP contribution < -0.4 is 14.8 Å². The molecule has 168 valence electrons. The molecule has 0 spiro atoms. The molecule has 1 N–H and O–H groups in total. The average Bonchev–Trinajstić information content (AvgIpc) is 3.24. The lowest BCUT2D eigenvalue weighted by atomic mass is 10.0. The molecular weight excluding hydrogens is 414 g/mol. The number of nitrogens with one attached hydrogen (secondary N) is 1. The lowest BCUT2D eigenvalue weighted by Gasteiger charge is -2.37. The first-order valence-electron chi connectivity index (χ1n) is 10.6. The molecule has 0 aliphatic carbocycles. The van der Waals surface area contributed by atoms with Gasteiger partial charge in [-0.3, -0.25) is 4.79 Å². The summed E-state index contributed by atoms with van der Waals surface area (Å²) < 4.78 is 11.5. The Balaban J connectivity index is 1.79. The quantitative estimate of drug-likeness (QED) is 0.673. The molecule has 1 aromatic carbocycles. The zero-order valence-corrected chi connectivity index (χ0v) is 19.4. The highest BCUT2D eigenvalue weighted by Gasteiger charge is 2.34. The molecule has 1 atom stereocenters. The maximum atomic E-state index is 13.3. The van der Waals surface area contributed by atoms with Gasteiger partial charge in [0.1, 0.15) is 13.2 Å². The van der Waals surface area contributed by atoms with Crippen molar-refractivity contribution in [1.82, 2.24) is 15.1 Å². The third-order valence-electron chi connectivity index (χ3n) is 5.40. The maximum absolute atomic E-state index is 13.3. The van der Waals surface area contributed by atoms with Crippen LogP contribution in [0.4, 0.5) is 4.79 Å². The molecule has 0 saturated heterocycles. The van der Waals surface area contributed by atoms with Gasteiger partial charge in [-0.05, 0) is 56.3 Å². The van der Waals surface area contributed by atoms with Gasteiger partial charge in [-0.1, -0.05) is 12.1 Å². The Hall–Kier alpha value is -2.74.